The van der Waals surface area contributed by atoms with Crippen LogP contribution >= 0.6 is 0 Å². The molecule has 2 aromatic heterocycles. The van der Waals surface area contributed by atoms with Crippen molar-refractivity contribution >= 4 is 0 Å². The SMILES string of the molecule is Cc1nc(Cc2noc(CC3(CN)CCCCC3)n2)no1. The van der Waals surface area contributed by atoms with Gasteiger partial charge in [0.15, 0.2) is 11.6 Å². The van der Waals surface area contributed by atoms with E-state index < -0.39 is 0 Å². The molecular formula is C14H21N5O2. The van der Waals surface area contributed by atoms with E-state index in [0.29, 0.717) is 36.4 Å². The molecule has 2 heterocycles. The highest BCUT2D eigenvalue weighted by Gasteiger charge is 2.33. The quantitative estimate of drug-likeness (QED) is 0.895. The standard InChI is InChI=1S/C14H21N5O2/c1-10-16-11(18-20-10)7-12-17-13(21-19-12)8-14(9-15)5-3-2-4-6-14/h2-9,15H2,1H3. The van der Waals surface area contributed by atoms with Gasteiger partial charge in [0.05, 0.1) is 6.42 Å². The minimum Gasteiger partial charge on any atom is -0.340 e. The van der Waals surface area contributed by atoms with Crippen LogP contribution in [0.1, 0.15) is 55.5 Å². The van der Waals surface area contributed by atoms with Crippen LogP contribution in [0.25, 0.3) is 0 Å². The van der Waals surface area contributed by atoms with Gasteiger partial charge in [-0.25, -0.2) is 0 Å². The van der Waals surface area contributed by atoms with Gasteiger partial charge in [0.2, 0.25) is 11.8 Å². The van der Waals surface area contributed by atoms with Crippen LogP contribution in [-0.4, -0.2) is 26.8 Å². The predicted octanol–water partition coefficient (Wildman–Crippen LogP) is 1.80. The maximum atomic E-state index is 6.00. The van der Waals surface area contributed by atoms with Crippen LogP contribution in [0, 0.1) is 12.3 Å². The van der Waals surface area contributed by atoms with Gasteiger partial charge in [0.1, 0.15) is 0 Å². The second-order valence-corrected chi connectivity index (χ2v) is 5.95. The molecule has 0 spiro atoms. The zero-order chi connectivity index (χ0) is 14.7. The van der Waals surface area contributed by atoms with E-state index >= 15 is 0 Å². The number of nitrogens with zero attached hydrogens (tertiary/aromatic N) is 4. The minimum absolute atomic E-state index is 0.130. The monoisotopic (exact) mass is 291 g/mol. The van der Waals surface area contributed by atoms with Crippen molar-refractivity contribution in [3.05, 3.63) is 23.4 Å². The average Bonchev–Trinajstić information content (AvgIpc) is 3.10. The van der Waals surface area contributed by atoms with Crippen LogP contribution in [0.4, 0.5) is 0 Å². The van der Waals surface area contributed by atoms with Gasteiger partial charge in [0, 0.05) is 13.3 Å². The van der Waals surface area contributed by atoms with E-state index in [1.54, 1.807) is 6.92 Å². The Balaban J connectivity index is 1.66. The van der Waals surface area contributed by atoms with Gasteiger partial charge in [0.25, 0.3) is 0 Å². The summed E-state index contributed by atoms with van der Waals surface area (Å²) < 4.78 is 10.3. The molecule has 2 N–H and O–H groups in total. The van der Waals surface area contributed by atoms with E-state index in [4.69, 9.17) is 14.8 Å². The summed E-state index contributed by atoms with van der Waals surface area (Å²) in [5, 5.41) is 7.84. The molecule has 0 aliphatic heterocycles. The fraction of sp³-hybridized carbons (Fsp3) is 0.714. The fourth-order valence-corrected chi connectivity index (χ4v) is 3.06. The molecule has 3 rings (SSSR count). The zero-order valence-corrected chi connectivity index (χ0v) is 12.3. The summed E-state index contributed by atoms with van der Waals surface area (Å²) in [5.41, 5.74) is 6.13. The summed E-state index contributed by atoms with van der Waals surface area (Å²) in [6, 6.07) is 0. The Morgan fingerprint density at radius 1 is 1.05 bits per heavy atom. The summed E-state index contributed by atoms with van der Waals surface area (Å²) >= 11 is 0. The predicted molar refractivity (Wildman–Crippen MR) is 74.4 cm³/mol. The van der Waals surface area contributed by atoms with Crippen LogP contribution in [0.5, 0.6) is 0 Å². The molecule has 0 radical (unpaired) electrons. The van der Waals surface area contributed by atoms with Crippen LogP contribution < -0.4 is 5.73 Å². The molecule has 1 aliphatic rings. The Bertz CT molecular complexity index is 586. The molecule has 114 valence electrons. The van der Waals surface area contributed by atoms with Crippen LogP contribution in [0.3, 0.4) is 0 Å². The molecule has 7 heteroatoms. The molecule has 0 unspecified atom stereocenters. The van der Waals surface area contributed by atoms with Crippen molar-refractivity contribution in [1.29, 1.82) is 0 Å². The van der Waals surface area contributed by atoms with Crippen molar-refractivity contribution in [2.24, 2.45) is 11.1 Å². The Hall–Kier alpha value is -1.76. The fourth-order valence-electron chi connectivity index (χ4n) is 3.06. The van der Waals surface area contributed by atoms with Crippen molar-refractivity contribution in [2.75, 3.05) is 6.54 Å². The summed E-state index contributed by atoms with van der Waals surface area (Å²) in [6.07, 6.45) is 7.25. The highest BCUT2D eigenvalue weighted by molar-refractivity contribution is 5.00. The Morgan fingerprint density at radius 3 is 2.43 bits per heavy atom. The molecule has 0 amide bonds. The van der Waals surface area contributed by atoms with Gasteiger partial charge in [-0.2, -0.15) is 9.97 Å². The van der Waals surface area contributed by atoms with Gasteiger partial charge in [-0.1, -0.05) is 29.6 Å². The molecule has 1 fully saturated rings. The normalized spacial score (nSPS) is 18.0. The first kappa shape index (κ1) is 14.2. The summed E-state index contributed by atoms with van der Waals surface area (Å²) in [4.78, 5) is 8.59. The van der Waals surface area contributed by atoms with E-state index in [9.17, 15) is 0 Å². The zero-order valence-electron chi connectivity index (χ0n) is 12.3. The molecule has 1 aliphatic carbocycles. The highest BCUT2D eigenvalue weighted by atomic mass is 16.5. The number of aryl methyl sites for hydroxylation is 1. The summed E-state index contributed by atoms with van der Waals surface area (Å²) in [5.74, 6) is 2.37. The Labute approximate surface area is 123 Å². The lowest BCUT2D eigenvalue weighted by atomic mass is 9.72. The third-order valence-corrected chi connectivity index (χ3v) is 4.27. The third-order valence-electron chi connectivity index (χ3n) is 4.27. The molecule has 2 aromatic rings. The van der Waals surface area contributed by atoms with Crippen LogP contribution in [0.2, 0.25) is 0 Å². The minimum atomic E-state index is 0.130. The van der Waals surface area contributed by atoms with Crippen LogP contribution in [0.15, 0.2) is 9.05 Å². The van der Waals surface area contributed by atoms with E-state index in [1.807, 2.05) is 0 Å². The van der Waals surface area contributed by atoms with E-state index in [1.165, 1.54) is 19.3 Å². The molecule has 0 atom stereocenters. The Morgan fingerprint density at radius 2 is 1.76 bits per heavy atom. The topological polar surface area (TPSA) is 104 Å². The third kappa shape index (κ3) is 3.29. The maximum Gasteiger partial charge on any atom is 0.227 e. The van der Waals surface area contributed by atoms with Crippen molar-refractivity contribution in [3.8, 4) is 0 Å². The largest absolute Gasteiger partial charge is 0.340 e. The number of hydrogen-bond donors (Lipinski definition) is 1. The number of nitrogens with two attached hydrogens (primary N) is 1. The average molecular weight is 291 g/mol. The smallest absolute Gasteiger partial charge is 0.227 e. The van der Waals surface area contributed by atoms with Crippen molar-refractivity contribution in [1.82, 2.24) is 20.3 Å². The second kappa shape index (κ2) is 5.93. The summed E-state index contributed by atoms with van der Waals surface area (Å²) in [7, 11) is 0. The lowest BCUT2D eigenvalue weighted by molar-refractivity contribution is 0.177. The molecule has 0 aromatic carbocycles. The first-order chi connectivity index (χ1) is 10.2. The molecule has 7 nitrogen and oxygen atoms in total. The molecular weight excluding hydrogens is 270 g/mol. The van der Waals surface area contributed by atoms with Gasteiger partial charge in [-0.3, -0.25) is 0 Å². The van der Waals surface area contributed by atoms with E-state index in [2.05, 4.69) is 20.3 Å². The van der Waals surface area contributed by atoms with Gasteiger partial charge in [-0.05, 0) is 24.8 Å². The number of aromatic nitrogens is 4. The van der Waals surface area contributed by atoms with Gasteiger partial charge >= 0.3 is 0 Å². The number of rotatable bonds is 5. The van der Waals surface area contributed by atoms with Crippen molar-refractivity contribution in [3.63, 3.8) is 0 Å². The first-order valence-electron chi connectivity index (χ1n) is 7.50. The lowest BCUT2D eigenvalue weighted by Crippen LogP contribution is -2.35. The Kier molecular flexibility index (Phi) is 4.01. The number of hydrogen-bond acceptors (Lipinski definition) is 7. The van der Waals surface area contributed by atoms with Crippen LogP contribution in [-0.2, 0) is 12.8 Å². The molecule has 21 heavy (non-hydrogen) atoms. The van der Waals surface area contributed by atoms with E-state index in [0.717, 1.165) is 19.3 Å². The second-order valence-electron chi connectivity index (χ2n) is 5.95. The van der Waals surface area contributed by atoms with Crippen molar-refractivity contribution in [2.45, 2.75) is 51.9 Å². The lowest BCUT2D eigenvalue weighted by Gasteiger charge is -2.34. The van der Waals surface area contributed by atoms with Gasteiger partial charge in [-0.15, -0.1) is 0 Å². The molecule has 1 saturated carbocycles. The molecule has 0 bridgehead atoms. The van der Waals surface area contributed by atoms with Gasteiger partial charge < -0.3 is 14.8 Å². The van der Waals surface area contributed by atoms with E-state index in [-0.39, 0.29) is 5.41 Å². The van der Waals surface area contributed by atoms with Crippen molar-refractivity contribution < 1.29 is 9.05 Å². The maximum absolute atomic E-state index is 6.00. The first-order valence-corrected chi connectivity index (χ1v) is 7.50. The highest BCUT2D eigenvalue weighted by Crippen LogP contribution is 2.37. The summed E-state index contributed by atoms with van der Waals surface area (Å²) in [6.45, 7) is 2.43. The molecule has 0 saturated heterocycles.